The molecule has 0 radical (unpaired) electrons. The van der Waals surface area contributed by atoms with Gasteiger partial charge in [-0.3, -0.25) is 28.8 Å². The number of hydrogen-bond donors (Lipinski definition) is 6. The third kappa shape index (κ3) is 12.3. The number of aliphatic carboxylic acids is 2. The number of ketones is 1. The number of nitrogens with one attached hydrogen (secondary N) is 3. The van der Waals surface area contributed by atoms with Crippen LogP contribution in [-0.4, -0.2) is 94.9 Å². The summed E-state index contributed by atoms with van der Waals surface area (Å²) in [5, 5.41) is 24.3. The number of carbonyl (C=O) groups is 7. The van der Waals surface area contributed by atoms with Crippen molar-refractivity contribution in [2.75, 3.05) is 25.2 Å². The zero-order valence-corrected chi connectivity index (χ0v) is 21.3. The molecule has 0 aliphatic heterocycles. The first-order valence-electron chi connectivity index (χ1n) is 11.2. The summed E-state index contributed by atoms with van der Waals surface area (Å²) in [5.41, 5.74) is 6.07. The molecule has 0 aliphatic carbocycles. The molecule has 14 nitrogen and oxygen atoms in total. The van der Waals surface area contributed by atoms with E-state index in [1.54, 1.807) is 30.3 Å². The maximum atomic E-state index is 12.4. The lowest BCUT2D eigenvalue weighted by atomic mass is 10.1. The standard InChI is InChI=1S/C23H30N4O10S/c1-37-23(36)15(9-13-5-3-2-4-6-13)27-21(33)17(28)12-38-11-16(20(32)25-10-19(30)31)26-18(29)8-7-14(24)22(34)35/h2-6,14-16H,7-12,24H2,1H3,(H,25,32)(H,26,29)(H,27,33)(H,30,31)(H,34,35). The second-order valence-electron chi connectivity index (χ2n) is 7.89. The predicted octanol–water partition coefficient (Wildman–Crippen LogP) is -1.93. The number of thioether (sulfide) groups is 1. The first-order chi connectivity index (χ1) is 17.9. The van der Waals surface area contributed by atoms with Gasteiger partial charge >= 0.3 is 17.9 Å². The second kappa shape index (κ2) is 16.7. The number of carboxylic acid groups (broad SMARTS) is 2. The van der Waals surface area contributed by atoms with Crippen LogP contribution in [0.2, 0.25) is 0 Å². The van der Waals surface area contributed by atoms with Crippen LogP contribution in [0.5, 0.6) is 0 Å². The predicted molar refractivity (Wildman–Crippen MR) is 134 cm³/mol. The van der Waals surface area contributed by atoms with Crippen molar-refractivity contribution >= 4 is 53.2 Å². The lowest BCUT2D eigenvalue weighted by Crippen LogP contribution is -2.50. The number of rotatable bonds is 17. The molecule has 0 heterocycles. The molecular formula is C23H30N4O10S. The topological polar surface area (TPSA) is 231 Å². The van der Waals surface area contributed by atoms with E-state index in [1.807, 2.05) is 0 Å². The molecular weight excluding hydrogens is 524 g/mol. The minimum absolute atomic E-state index is 0.0864. The van der Waals surface area contributed by atoms with Crippen LogP contribution in [0, 0.1) is 0 Å². The minimum Gasteiger partial charge on any atom is -0.480 e. The monoisotopic (exact) mass is 554 g/mol. The van der Waals surface area contributed by atoms with Crippen LogP contribution in [0.4, 0.5) is 0 Å². The van der Waals surface area contributed by atoms with E-state index in [-0.39, 0.29) is 25.0 Å². The highest BCUT2D eigenvalue weighted by Crippen LogP contribution is 2.08. The lowest BCUT2D eigenvalue weighted by Gasteiger charge is -2.18. The van der Waals surface area contributed by atoms with Gasteiger partial charge < -0.3 is 36.6 Å². The number of nitrogens with two attached hydrogens (primary N) is 1. The fourth-order valence-electron chi connectivity index (χ4n) is 2.90. The van der Waals surface area contributed by atoms with E-state index in [1.165, 1.54) is 0 Å². The van der Waals surface area contributed by atoms with Crippen molar-refractivity contribution in [3.8, 4) is 0 Å². The molecule has 1 aromatic rings. The molecule has 0 saturated carbocycles. The normalized spacial score (nSPS) is 12.8. The van der Waals surface area contributed by atoms with Crippen LogP contribution in [0.1, 0.15) is 18.4 Å². The third-order valence-corrected chi connectivity index (χ3v) is 5.95. The van der Waals surface area contributed by atoms with E-state index in [4.69, 9.17) is 20.7 Å². The molecule has 38 heavy (non-hydrogen) atoms. The average molecular weight is 555 g/mol. The van der Waals surface area contributed by atoms with Crippen molar-refractivity contribution in [2.45, 2.75) is 37.4 Å². The summed E-state index contributed by atoms with van der Waals surface area (Å²) in [6.45, 7) is -0.725. The van der Waals surface area contributed by atoms with Crippen LogP contribution in [0.25, 0.3) is 0 Å². The molecule has 15 heteroatoms. The Labute approximate surface area is 222 Å². The first-order valence-corrected chi connectivity index (χ1v) is 12.4. The number of Topliss-reactive ketones (excluding diaryl/α,β-unsaturated/α-hetero) is 1. The lowest BCUT2D eigenvalue weighted by molar-refractivity contribution is -0.146. The van der Waals surface area contributed by atoms with Crippen LogP contribution < -0.4 is 21.7 Å². The van der Waals surface area contributed by atoms with Gasteiger partial charge in [0.05, 0.1) is 12.9 Å². The molecule has 0 spiro atoms. The average Bonchev–Trinajstić information content (AvgIpc) is 2.89. The maximum Gasteiger partial charge on any atom is 0.328 e. The van der Waals surface area contributed by atoms with Gasteiger partial charge in [0.25, 0.3) is 5.91 Å². The summed E-state index contributed by atoms with van der Waals surface area (Å²) < 4.78 is 4.69. The summed E-state index contributed by atoms with van der Waals surface area (Å²) in [4.78, 5) is 82.8. The van der Waals surface area contributed by atoms with Crippen molar-refractivity contribution in [3.63, 3.8) is 0 Å². The zero-order chi connectivity index (χ0) is 28.7. The molecule has 3 atom stereocenters. The van der Waals surface area contributed by atoms with Crippen LogP contribution >= 0.6 is 11.8 Å². The Bertz CT molecular complexity index is 1020. The quantitative estimate of drug-likeness (QED) is 0.0913. The van der Waals surface area contributed by atoms with Crippen LogP contribution in [0.15, 0.2) is 30.3 Å². The van der Waals surface area contributed by atoms with Gasteiger partial charge in [-0.25, -0.2) is 4.79 Å². The molecule has 7 N–H and O–H groups in total. The third-order valence-electron chi connectivity index (χ3n) is 4.91. The molecule has 3 amide bonds. The molecule has 0 bridgehead atoms. The van der Waals surface area contributed by atoms with Gasteiger partial charge in [-0.1, -0.05) is 30.3 Å². The number of hydrogen-bond acceptors (Lipinski definition) is 10. The van der Waals surface area contributed by atoms with E-state index >= 15 is 0 Å². The van der Waals surface area contributed by atoms with Gasteiger partial charge in [-0.2, -0.15) is 11.8 Å². The summed E-state index contributed by atoms with van der Waals surface area (Å²) in [5.74, 6) is -7.57. The highest BCUT2D eigenvalue weighted by molar-refractivity contribution is 8.00. The van der Waals surface area contributed by atoms with E-state index < -0.39 is 71.8 Å². The fraction of sp³-hybridized carbons (Fsp3) is 0.435. The number of ether oxygens (including phenoxy) is 1. The van der Waals surface area contributed by atoms with Crippen molar-refractivity contribution in [1.29, 1.82) is 0 Å². The van der Waals surface area contributed by atoms with E-state index in [0.717, 1.165) is 24.4 Å². The summed E-state index contributed by atoms with van der Waals surface area (Å²) in [6, 6.07) is 5.04. The van der Waals surface area contributed by atoms with E-state index in [0.29, 0.717) is 0 Å². The molecule has 1 rings (SSSR count). The van der Waals surface area contributed by atoms with Gasteiger partial charge in [0.1, 0.15) is 24.7 Å². The maximum absolute atomic E-state index is 12.4. The van der Waals surface area contributed by atoms with Crippen LogP contribution in [0.3, 0.4) is 0 Å². The van der Waals surface area contributed by atoms with E-state index in [2.05, 4.69) is 16.0 Å². The number of carbonyl (C=O) groups excluding carboxylic acids is 5. The summed E-state index contributed by atoms with van der Waals surface area (Å²) in [7, 11) is 1.14. The van der Waals surface area contributed by atoms with Crippen molar-refractivity contribution in [1.82, 2.24) is 16.0 Å². The Morgan fingerprint density at radius 1 is 1.00 bits per heavy atom. The highest BCUT2D eigenvalue weighted by atomic mass is 32.2. The largest absolute Gasteiger partial charge is 0.480 e. The number of esters is 1. The number of methoxy groups -OCH3 is 1. The summed E-state index contributed by atoms with van der Waals surface area (Å²) >= 11 is 0.809. The number of benzene rings is 1. The fourth-order valence-corrected chi connectivity index (χ4v) is 3.81. The van der Waals surface area contributed by atoms with Crippen molar-refractivity contribution in [2.24, 2.45) is 5.73 Å². The Morgan fingerprint density at radius 2 is 1.66 bits per heavy atom. The Morgan fingerprint density at radius 3 is 2.24 bits per heavy atom. The van der Waals surface area contributed by atoms with Crippen molar-refractivity contribution < 1.29 is 48.5 Å². The van der Waals surface area contributed by atoms with Gasteiger partial charge in [-0.15, -0.1) is 0 Å². The molecule has 0 aromatic heterocycles. The molecule has 208 valence electrons. The van der Waals surface area contributed by atoms with Gasteiger partial charge in [0, 0.05) is 18.6 Å². The van der Waals surface area contributed by atoms with Crippen molar-refractivity contribution in [3.05, 3.63) is 35.9 Å². The van der Waals surface area contributed by atoms with Gasteiger partial charge in [0.2, 0.25) is 17.6 Å². The number of carboxylic acids is 2. The Kier molecular flexibility index (Phi) is 14.1. The van der Waals surface area contributed by atoms with E-state index in [9.17, 15) is 33.6 Å². The minimum atomic E-state index is -1.33. The van der Waals surface area contributed by atoms with Crippen LogP contribution in [-0.2, 0) is 44.7 Å². The first kappa shape index (κ1) is 32.0. The smallest absolute Gasteiger partial charge is 0.328 e. The zero-order valence-electron chi connectivity index (χ0n) is 20.5. The highest BCUT2D eigenvalue weighted by Gasteiger charge is 2.27. The SMILES string of the molecule is COC(=O)C(Cc1ccccc1)NC(=O)C(=O)CSCC(NC(=O)CCC(N)C(=O)O)C(=O)NCC(=O)O. The molecule has 0 aliphatic rings. The molecule has 3 unspecified atom stereocenters. The van der Waals surface area contributed by atoms with Gasteiger partial charge in [-0.05, 0) is 12.0 Å². The summed E-state index contributed by atoms with van der Waals surface area (Å²) in [6.07, 6.45) is -0.442. The Balaban J connectivity index is 2.71. The van der Waals surface area contributed by atoms with Gasteiger partial charge in [0.15, 0.2) is 0 Å². The molecule has 1 aromatic carbocycles. The number of amides is 3. The Hall–Kier alpha value is -3.98. The second-order valence-corrected chi connectivity index (χ2v) is 8.92. The molecule has 0 fully saturated rings. The molecule has 0 saturated heterocycles.